The van der Waals surface area contributed by atoms with E-state index < -0.39 is 0 Å². The van der Waals surface area contributed by atoms with Gasteiger partial charge < -0.3 is 9.80 Å². The van der Waals surface area contributed by atoms with Gasteiger partial charge in [0.05, 0.1) is 0 Å². The zero-order valence-corrected chi connectivity index (χ0v) is 13.2. The second-order valence-corrected chi connectivity index (χ2v) is 5.91. The third-order valence-corrected chi connectivity index (χ3v) is 4.43. The van der Waals surface area contributed by atoms with Crippen molar-refractivity contribution in [2.45, 2.75) is 13.3 Å². The Kier molecular flexibility index (Phi) is 4.35. The maximum absolute atomic E-state index is 5.95. The Labute approximate surface area is 131 Å². The molecule has 0 atom stereocenters. The van der Waals surface area contributed by atoms with Crippen LogP contribution in [0, 0.1) is 0 Å². The van der Waals surface area contributed by atoms with E-state index in [2.05, 4.69) is 53.1 Å². The van der Waals surface area contributed by atoms with Crippen LogP contribution < -0.4 is 9.80 Å². The minimum atomic E-state index is 0.799. The standard InChI is InChI=1S/C18H21ClN2/c1-2-15-3-7-17(8-4-15)20-11-13-21(14-12-20)18-9-5-16(19)6-10-18/h3-10H,2,11-14H2,1H3. The van der Waals surface area contributed by atoms with Crippen molar-refractivity contribution in [1.82, 2.24) is 0 Å². The molecule has 0 amide bonds. The van der Waals surface area contributed by atoms with Crippen LogP contribution in [0.15, 0.2) is 48.5 Å². The summed E-state index contributed by atoms with van der Waals surface area (Å²) in [6.07, 6.45) is 1.10. The quantitative estimate of drug-likeness (QED) is 0.837. The van der Waals surface area contributed by atoms with E-state index in [4.69, 9.17) is 11.6 Å². The number of anilines is 2. The average Bonchev–Trinajstić information content (AvgIpc) is 2.56. The van der Waals surface area contributed by atoms with E-state index in [1.165, 1.54) is 16.9 Å². The highest BCUT2D eigenvalue weighted by Crippen LogP contribution is 2.22. The van der Waals surface area contributed by atoms with Gasteiger partial charge in [0.25, 0.3) is 0 Å². The largest absolute Gasteiger partial charge is 0.368 e. The molecule has 0 spiro atoms. The number of hydrogen-bond donors (Lipinski definition) is 0. The van der Waals surface area contributed by atoms with E-state index in [1.54, 1.807) is 0 Å². The van der Waals surface area contributed by atoms with E-state index in [9.17, 15) is 0 Å². The van der Waals surface area contributed by atoms with Crippen LogP contribution >= 0.6 is 11.6 Å². The number of nitrogens with zero attached hydrogens (tertiary/aromatic N) is 2. The molecule has 1 aliphatic heterocycles. The van der Waals surface area contributed by atoms with Gasteiger partial charge in [-0.1, -0.05) is 30.7 Å². The lowest BCUT2D eigenvalue weighted by Crippen LogP contribution is -2.46. The average molecular weight is 301 g/mol. The second-order valence-electron chi connectivity index (χ2n) is 5.47. The fourth-order valence-electron chi connectivity index (χ4n) is 2.82. The van der Waals surface area contributed by atoms with Crippen molar-refractivity contribution in [2.75, 3.05) is 36.0 Å². The first kappa shape index (κ1) is 14.3. The normalized spacial score (nSPS) is 15.3. The molecule has 2 aromatic carbocycles. The van der Waals surface area contributed by atoms with E-state index in [-0.39, 0.29) is 0 Å². The van der Waals surface area contributed by atoms with E-state index >= 15 is 0 Å². The smallest absolute Gasteiger partial charge is 0.0407 e. The Morgan fingerprint density at radius 3 is 1.62 bits per heavy atom. The molecule has 0 unspecified atom stereocenters. The Bertz CT molecular complexity index is 569. The molecule has 0 aromatic heterocycles. The van der Waals surface area contributed by atoms with Gasteiger partial charge in [-0.2, -0.15) is 0 Å². The van der Waals surface area contributed by atoms with Crippen LogP contribution in [0.4, 0.5) is 11.4 Å². The Hall–Kier alpha value is -1.67. The van der Waals surface area contributed by atoms with Crippen molar-refractivity contribution in [3.8, 4) is 0 Å². The van der Waals surface area contributed by atoms with Crippen molar-refractivity contribution in [1.29, 1.82) is 0 Å². The maximum atomic E-state index is 5.95. The summed E-state index contributed by atoms with van der Waals surface area (Å²) < 4.78 is 0. The molecule has 0 aliphatic carbocycles. The SMILES string of the molecule is CCc1ccc(N2CCN(c3ccc(Cl)cc3)CC2)cc1. The Morgan fingerprint density at radius 2 is 1.19 bits per heavy atom. The molecule has 0 saturated carbocycles. The molecule has 1 aliphatic rings. The van der Waals surface area contributed by atoms with Crippen LogP contribution in [0.25, 0.3) is 0 Å². The molecule has 3 rings (SSSR count). The lowest BCUT2D eigenvalue weighted by Gasteiger charge is -2.37. The summed E-state index contributed by atoms with van der Waals surface area (Å²) in [7, 11) is 0. The minimum Gasteiger partial charge on any atom is -0.368 e. The van der Waals surface area contributed by atoms with Crippen LogP contribution in [0.3, 0.4) is 0 Å². The predicted molar refractivity (Wildman–Crippen MR) is 91.7 cm³/mol. The number of aryl methyl sites for hydroxylation is 1. The summed E-state index contributed by atoms with van der Waals surface area (Å²) in [5.74, 6) is 0. The van der Waals surface area contributed by atoms with Crippen LogP contribution in [0.5, 0.6) is 0 Å². The van der Waals surface area contributed by atoms with Gasteiger partial charge in [-0.3, -0.25) is 0 Å². The molecular weight excluding hydrogens is 280 g/mol. The third kappa shape index (κ3) is 3.33. The van der Waals surface area contributed by atoms with Crippen LogP contribution in [-0.4, -0.2) is 26.2 Å². The van der Waals surface area contributed by atoms with Gasteiger partial charge in [0.15, 0.2) is 0 Å². The first-order valence-corrected chi connectivity index (χ1v) is 7.98. The fourth-order valence-corrected chi connectivity index (χ4v) is 2.94. The predicted octanol–water partition coefficient (Wildman–Crippen LogP) is 4.23. The molecule has 0 bridgehead atoms. The summed E-state index contributed by atoms with van der Waals surface area (Å²) in [6.45, 7) is 6.43. The highest BCUT2D eigenvalue weighted by atomic mass is 35.5. The van der Waals surface area contributed by atoms with Crippen LogP contribution in [0.2, 0.25) is 5.02 Å². The topological polar surface area (TPSA) is 6.48 Å². The molecule has 21 heavy (non-hydrogen) atoms. The van der Waals surface area contributed by atoms with Gasteiger partial charge in [0, 0.05) is 42.6 Å². The molecule has 2 nitrogen and oxygen atoms in total. The molecule has 0 N–H and O–H groups in total. The van der Waals surface area contributed by atoms with Gasteiger partial charge in [-0.15, -0.1) is 0 Å². The number of rotatable bonds is 3. The lowest BCUT2D eigenvalue weighted by molar-refractivity contribution is 0.653. The zero-order valence-electron chi connectivity index (χ0n) is 12.4. The molecule has 3 heteroatoms. The minimum absolute atomic E-state index is 0.799. The molecule has 1 saturated heterocycles. The molecular formula is C18H21ClN2. The molecule has 0 radical (unpaired) electrons. The van der Waals surface area contributed by atoms with E-state index in [0.717, 1.165) is 37.6 Å². The summed E-state index contributed by atoms with van der Waals surface area (Å²) in [4.78, 5) is 4.89. The molecule has 1 heterocycles. The lowest BCUT2D eigenvalue weighted by atomic mass is 10.1. The third-order valence-electron chi connectivity index (χ3n) is 4.18. The van der Waals surface area contributed by atoms with Crippen molar-refractivity contribution in [2.24, 2.45) is 0 Å². The van der Waals surface area contributed by atoms with Crippen molar-refractivity contribution < 1.29 is 0 Å². The summed E-state index contributed by atoms with van der Waals surface area (Å²) in [5.41, 5.74) is 4.00. The molecule has 110 valence electrons. The molecule has 2 aromatic rings. The number of benzene rings is 2. The van der Waals surface area contributed by atoms with Crippen LogP contribution in [0.1, 0.15) is 12.5 Å². The summed E-state index contributed by atoms with van der Waals surface area (Å²) in [6, 6.07) is 17.1. The van der Waals surface area contributed by atoms with Crippen molar-refractivity contribution in [3.05, 3.63) is 59.1 Å². The highest BCUT2D eigenvalue weighted by molar-refractivity contribution is 6.30. The van der Waals surface area contributed by atoms with Crippen molar-refractivity contribution >= 4 is 23.0 Å². The second kappa shape index (κ2) is 6.40. The van der Waals surface area contributed by atoms with E-state index in [1.807, 2.05) is 12.1 Å². The van der Waals surface area contributed by atoms with Crippen molar-refractivity contribution in [3.63, 3.8) is 0 Å². The first-order chi connectivity index (χ1) is 10.3. The number of halogens is 1. The summed E-state index contributed by atoms with van der Waals surface area (Å²) in [5, 5.41) is 0.799. The summed E-state index contributed by atoms with van der Waals surface area (Å²) >= 11 is 5.95. The van der Waals surface area contributed by atoms with Gasteiger partial charge in [0.1, 0.15) is 0 Å². The van der Waals surface area contributed by atoms with Gasteiger partial charge in [-0.05, 0) is 48.4 Å². The molecule has 1 fully saturated rings. The Morgan fingerprint density at radius 1 is 0.762 bits per heavy atom. The number of piperazine rings is 1. The highest BCUT2D eigenvalue weighted by Gasteiger charge is 2.17. The first-order valence-electron chi connectivity index (χ1n) is 7.60. The Balaban J connectivity index is 1.62. The zero-order chi connectivity index (χ0) is 14.7. The van der Waals surface area contributed by atoms with E-state index in [0.29, 0.717) is 0 Å². The maximum Gasteiger partial charge on any atom is 0.0407 e. The van der Waals surface area contributed by atoms with Gasteiger partial charge >= 0.3 is 0 Å². The van der Waals surface area contributed by atoms with Crippen LogP contribution in [-0.2, 0) is 6.42 Å². The fraction of sp³-hybridized carbons (Fsp3) is 0.333. The monoisotopic (exact) mass is 300 g/mol. The van der Waals surface area contributed by atoms with Gasteiger partial charge in [0.2, 0.25) is 0 Å². The number of hydrogen-bond acceptors (Lipinski definition) is 2. The van der Waals surface area contributed by atoms with Gasteiger partial charge in [-0.25, -0.2) is 0 Å².